The Kier molecular flexibility index (Phi) is 4.59. The zero-order chi connectivity index (χ0) is 12.8. The Morgan fingerprint density at radius 2 is 1.94 bits per heavy atom. The SMILES string of the molecule is CC(=NNC(N)=S)C(=O)Nc1ccc(C)cc1. The molecule has 0 bridgehead atoms. The summed E-state index contributed by atoms with van der Waals surface area (Å²) in [6.45, 7) is 3.54. The standard InChI is InChI=1S/C11H14N4OS/c1-7-3-5-9(6-4-7)13-10(16)8(2)14-15-11(12)17/h3-6H,1-2H3,(H,13,16)(H3,12,15,17). The summed E-state index contributed by atoms with van der Waals surface area (Å²) < 4.78 is 0. The number of hydrogen-bond donors (Lipinski definition) is 3. The van der Waals surface area contributed by atoms with E-state index < -0.39 is 0 Å². The summed E-state index contributed by atoms with van der Waals surface area (Å²) in [5, 5.41) is 6.45. The molecule has 1 aromatic carbocycles. The lowest BCUT2D eigenvalue weighted by atomic mass is 10.2. The molecule has 0 aliphatic rings. The minimum Gasteiger partial charge on any atom is -0.375 e. The average Bonchev–Trinajstić information content (AvgIpc) is 2.28. The highest BCUT2D eigenvalue weighted by Crippen LogP contribution is 2.08. The Balaban J connectivity index is 2.63. The number of benzene rings is 1. The van der Waals surface area contributed by atoms with Crippen LogP contribution in [0.4, 0.5) is 5.69 Å². The number of hydrazone groups is 1. The lowest BCUT2D eigenvalue weighted by Gasteiger charge is -2.05. The molecule has 0 saturated carbocycles. The second-order valence-corrected chi connectivity index (χ2v) is 3.93. The molecule has 4 N–H and O–H groups in total. The summed E-state index contributed by atoms with van der Waals surface area (Å²) in [5.41, 5.74) is 9.64. The van der Waals surface area contributed by atoms with Crippen molar-refractivity contribution in [2.24, 2.45) is 10.8 Å². The lowest BCUT2D eigenvalue weighted by molar-refractivity contribution is -0.110. The molecule has 0 saturated heterocycles. The van der Waals surface area contributed by atoms with Gasteiger partial charge < -0.3 is 11.1 Å². The molecule has 1 amide bonds. The molecule has 1 aromatic rings. The van der Waals surface area contributed by atoms with Crippen molar-refractivity contribution in [2.75, 3.05) is 5.32 Å². The maximum atomic E-state index is 11.6. The van der Waals surface area contributed by atoms with E-state index in [0.717, 1.165) is 5.56 Å². The third-order valence-corrected chi connectivity index (χ3v) is 2.06. The molecule has 0 unspecified atom stereocenters. The Hall–Kier alpha value is -1.95. The van der Waals surface area contributed by atoms with Gasteiger partial charge in [0, 0.05) is 5.69 Å². The average molecular weight is 250 g/mol. The fraction of sp³-hybridized carbons (Fsp3) is 0.182. The Morgan fingerprint density at radius 1 is 1.35 bits per heavy atom. The van der Waals surface area contributed by atoms with E-state index in [2.05, 4.69) is 28.1 Å². The molecule has 0 aromatic heterocycles. The predicted molar refractivity (Wildman–Crippen MR) is 72.8 cm³/mol. The first kappa shape index (κ1) is 13.1. The van der Waals surface area contributed by atoms with Gasteiger partial charge in [-0.2, -0.15) is 5.10 Å². The van der Waals surface area contributed by atoms with Gasteiger partial charge in [0.05, 0.1) is 0 Å². The monoisotopic (exact) mass is 250 g/mol. The predicted octanol–water partition coefficient (Wildman–Crippen LogP) is 1.14. The Morgan fingerprint density at radius 3 is 2.47 bits per heavy atom. The zero-order valence-electron chi connectivity index (χ0n) is 9.65. The Bertz CT molecular complexity index is 453. The van der Waals surface area contributed by atoms with Crippen molar-refractivity contribution in [3.63, 3.8) is 0 Å². The smallest absolute Gasteiger partial charge is 0.271 e. The van der Waals surface area contributed by atoms with Gasteiger partial charge in [-0.05, 0) is 38.2 Å². The molecule has 90 valence electrons. The van der Waals surface area contributed by atoms with Crippen molar-refractivity contribution in [1.29, 1.82) is 0 Å². The molecule has 0 fully saturated rings. The van der Waals surface area contributed by atoms with Crippen molar-refractivity contribution in [3.8, 4) is 0 Å². The van der Waals surface area contributed by atoms with Crippen LogP contribution in [0.2, 0.25) is 0 Å². The first-order valence-electron chi connectivity index (χ1n) is 4.97. The van der Waals surface area contributed by atoms with E-state index in [4.69, 9.17) is 5.73 Å². The third kappa shape index (κ3) is 4.60. The molecule has 17 heavy (non-hydrogen) atoms. The molecular formula is C11H14N4OS. The van der Waals surface area contributed by atoms with Crippen LogP contribution in [-0.4, -0.2) is 16.7 Å². The zero-order valence-corrected chi connectivity index (χ0v) is 10.5. The fourth-order valence-electron chi connectivity index (χ4n) is 1.05. The van der Waals surface area contributed by atoms with Crippen LogP contribution in [0.5, 0.6) is 0 Å². The number of amides is 1. The highest BCUT2D eigenvalue weighted by Gasteiger charge is 2.06. The summed E-state index contributed by atoms with van der Waals surface area (Å²) in [5.74, 6) is -0.308. The first-order chi connectivity index (χ1) is 7.99. The molecule has 0 heterocycles. The van der Waals surface area contributed by atoms with Gasteiger partial charge in [0.25, 0.3) is 5.91 Å². The fourth-order valence-corrected chi connectivity index (χ4v) is 1.09. The van der Waals surface area contributed by atoms with Gasteiger partial charge in [-0.1, -0.05) is 17.7 Å². The van der Waals surface area contributed by atoms with Gasteiger partial charge in [0.1, 0.15) is 5.71 Å². The van der Waals surface area contributed by atoms with Crippen LogP contribution in [0.1, 0.15) is 12.5 Å². The van der Waals surface area contributed by atoms with Gasteiger partial charge in [-0.25, -0.2) is 0 Å². The van der Waals surface area contributed by atoms with Crippen LogP contribution < -0.4 is 16.5 Å². The molecule has 1 rings (SSSR count). The quantitative estimate of drug-likeness (QED) is 0.427. The number of anilines is 1. The van der Waals surface area contributed by atoms with Crippen LogP contribution in [-0.2, 0) is 4.79 Å². The highest BCUT2D eigenvalue weighted by atomic mass is 32.1. The van der Waals surface area contributed by atoms with Crippen LogP contribution in [0.25, 0.3) is 0 Å². The molecule has 0 spiro atoms. The van der Waals surface area contributed by atoms with Gasteiger partial charge in [-0.3, -0.25) is 10.2 Å². The largest absolute Gasteiger partial charge is 0.375 e. The first-order valence-corrected chi connectivity index (χ1v) is 5.37. The van der Waals surface area contributed by atoms with Crippen molar-refractivity contribution in [3.05, 3.63) is 29.8 Å². The minimum atomic E-state index is -0.308. The van der Waals surface area contributed by atoms with E-state index in [0.29, 0.717) is 5.69 Å². The van der Waals surface area contributed by atoms with Crippen molar-refractivity contribution >= 4 is 34.6 Å². The van der Waals surface area contributed by atoms with E-state index in [9.17, 15) is 4.79 Å². The number of carbonyl (C=O) groups is 1. The number of nitrogens with zero attached hydrogens (tertiary/aromatic N) is 1. The van der Waals surface area contributed by atoms with Gasteiger partial charge >= 0.3 is 0 Å². The minimum absolute atomic E-state index is 0.0208. The summed E-state index contributed by atoms with van der Waals surface area (Å²) in [4.78, 5) is 11.6. The molecule has 0 aliphatic carbocycles. The number of rotatable bonds is 3. The van der Waals surface area contributed by atoms with Crippen LogP contribution in [0.3, 0.4) is 0 Å². The number of aryl methyl sites for hydroxylation is 1. The molecule has 0 radical (unpaired) electrons. The van der Waals surface area contributed by atoms with E-state index in [1.54, 1.807) is 6.92 Å². The number of nitrogens with two attached hydrogens (primary N) is 1. The Labute approximate surface area is 105 Å². The number of nitrogens with one attached hydrogen (secondary N) is 2. The summed E-state index contributed by atoms with van der Waals surface area (Å²) in [7, 11) is 0. The maximum Gasteiger partial charge on any atom is 0.271 e. The van der Waals surface area contributed by atoms with Crippen LogP contribution in [0.15, 0.2) is 29.4 Å². The number of thiocarbonyl (C=S) groups is 1. The highest BCUT2D eigenvalue weighted by molar-refractivity contribution is 7.80. The van der Waals surface area contributed by atoms with Crippen molar-refractivity contribution in [1.82, 2.24) is 5.43 Å². The van der Waals surface area contributed by atoms with E-state index >= 15 is 0 Å². The van der Waals surface area contributed by atoms with Crippen LogP contribution >= 0.6 is 12.2 Å². The molecule has 5 nitrogen and oxygen atoms in total. The van der Waals surface area contributed by atoms with Crippen molar-refractivity contribution in [2.45, 2.75) is 13.8 Å². The summed E-state index contributed by atoms with van der Waals surface area (Å²) in [6, 6.07) is 7.47. The maximum absolute atomic E-state index is 11.6. The van der Waals surface area contributed by atoms with Gasteiger partial charge in [0.15, 0.2) is 5.11 Å². The van der Waals surface area contributed by atoms with E-state index in [1.165, 1.54) is 0 Å². The lowest BCUT2D eigenvalue weighted by Crippen LogP contribution is -2.28. The normalized spacial score (nSPS) is 10.8. The molecule has 0 atom stereocenters. The second kappa shape index (κ2) is 5.95. The van der Waals surface area contributed by atoms with E-state index in [1.807, 2.05) is 31.2 Å². The topological polar surface area (TPSA) is 79.5 Å². The summed E-state index contributed by atoms with van der Waals surface area (Å²) >= 11 is 4.57. The third-order valence-electron chi connectivity index (χ3n) is 1.97. The number of hydrogen-bond acceptors (Lipinski definition) is 3. The molecule has 6 heteroatoms. The number of carbonyl (C=O) groups excluding carboxylic acids is 1. The van der Waals surface area contributed by atoms with E-state index in [-0.39, 0.29) is 16.7 Å². The van der Waals surface area contributed by atoms with Crippen molar-refractivity contribution < 1.29 is 4.79 Å². The van der Waals surface area contributed by atoms with Gasteiger partial charge in [0.2, 0.25) is 0 Å². The van der Waals surface area contributed by atoms with Gasteiger partial charge in [-0.15, -0.1) is 0 Å². The molecule has 0 aliphatic heterocycles. The summed E-state index contributed by atoms with van der Waals surface area (Å²) in [6.07, 6.45) is 0. The second-order valence-electron chi connectivity index (χ2n) is 3.49. The molecular weight excluding hydrogens is 236 g/mol. The van der Waals surface area contributed by atoms with Crippen LogP contribution in [0, 0.1) is 6.92 Å².